The largest absolute Gasteiger partial charge is 0.494 e. The van der Waals surface area contributed by atoms with E-state index in [0.717, 1.165) is 16.8 Å². The summed E-state index contributed by atoms with van der Waals surface area (Å²) in [6.45, 7) is 9.57. The van der Waals surface area contributed by atoms with Crippen LogP contribution in [0.5, 0.6) is 11.6 Å². The normalized spacial score (nSPS) is 11.7. The van der Waals surface area contributed by atoms with Crippen molar-refractivity contribution in [1.29, 1.82) is 0 Å². The molecule has 0 aliphatic rings. The van der Waals surface area contributed by atoms with Gasteiger partial charge in [0, 0.05) is 11.9 Å². The summed E-state index contributed by atoms with van der Waals surface area (Å²) in [5.41, 5.74) is 3.33. The van der Waals surface area contributed by atoms with E-state index >= 15 is 0 Å². The molecule has 0 atom stereocenters. The molecule has 0 radical (unpaired) electrons. The Morgan fingerprint density at radius 2 is 1.81 bits per heavy atom. The van der Waals surface area contributed by atoms with Gasteiger partial charge in [-0.25, -0.2) is 0 Å². The molecule has 0 amide bonds. The van der Waals surface area contributed by atoms with Crippen LogP contribution < -0.4 is 4.74 Å². The Labute approximate surface area is 159 Å². The number of fused-ring (bicyclic) bond motifs is 1. The number of rotatable bonds is 6. The Balaban J connectivity index is 1.68. The minimum Gasteiger partial charge on any atom is -0.494 e. The van der Waals surface area contributed by atoms with Gasteiger partial charge in [-0.3, -0.25) is 0 Å². The van der Waals surface area contributed by atoms with Crippen molar-refractivity contribution in [2.45, 2.75) is 46.1 Å². The molecule has 1 aromatic heterocycles. The predicted molar refractivity (Wildman–Crippen MR) is 109 cm³/mol. The molecule has 0 fully saturated rings. The van der Waals surface area contributed by atoms with Gasteiger partial charge < -0.3 is 14.4 Å². The zero-order valence-corrected chi connectivity index (χ0v) is 16.3. The fraction of sp³-hybridized carbons (Fsp3) is 0.364. The van der Waals surface area contributed by atoms with Gasteiger partial charge in [-0.2, -0.15) is 0 Å². The molecule has 3 rings (SSSR count). The summed E-state index contributed by atoms with van der Waals surface area (Å²) in [5.74, 6) is 0.750. The van der Waals surface area contributed by atoms with Crippen molar-refractivity contribution in [3.8, 4) is 11.6 Å². The van der Waals surface area contributed by atoms with Gasteiger partial charge in [0.15, 0.2) is 5.69 Å². The minimum atomic E-state index is -0.0798. The summed E-state index contributed by atoms with van der Waals surface area (Å²) in [5, 5.41) is 14.1. The lowest BCUT2D eigenvalue weighted by molar-refractivity contribution is 0.298. The fourth-order valence-corrected chi connectivity index (χ4v) is 3.33. The molecule has 0 spiro atoms. The first-order valence-corrected chi connectivity index (χ1v) is 9.20. The summed E-state index contributed by atoms with van der Waals surface area (Å²) in [6, 6.07) is 13.8. The standard InChI is InChI=1S/C22H26N2O3/c1-15-7-5-8-18-19(23-26)21(25)24(20(15)18)13-6-14-27-17-11-9-16(10-12-17)22(2,3)4/h5,7-12,25H,6,13-14H2,1-4H3. The van der Waals surface area contributed by atoms with Crippen LogP contribution in [0.2, 0.25) is 0 Å². The highest BCUT2D eigenvalue weighted by molar-refractivity contribution is 5.96. The van der Waals surface area contributed by atoms with Crippen molar-refractivity contribution in [3.05, 3.63) is 58.5 Å². The molecular weight excluding hydrogens is 340 g/mol. The van der Waals surface area contributed by atoms with Gasteiger partial charge in [0.25, 0.3) is 0 Å². The Kier molecular flexibility index (Phi) is 5.22. The average Bonchev–Trinajstić information content (AvgIpc) is 2.90. The molecule has 27 heavy (non-hydrogen) atoms. The highest BCUT2D eigenvalue weighted by Crippen LogP contribution is 2.39. The van der Waals surface area contributed by atoms with E-state index in [1.54, 1.807) is 4.57 Å². The van der Waals surface area contributed by atoms with Gasteiger partial charge in [0.1, 0.15) is 5.75 Å². The van der Waals surface area contributed by atoms with E-state index in [-0.39, 0.29) is 17.0 Å². The third kappa shape index (κ3) is 3.82. The Morgan fingerprint density at radius 1 is 1.11 bits per heavy atom. The van der Waals surface area contributed by atoms with Crippen LogP contribution in [0.25, 0.3) is 10.9 Å². The number of para-hydroxylation sites is 1. The molecule has 142 valence electrons. The summed E-state index contributed by atoms with van der Waals surface area (Å²) in [6.07, 6.45) is 0.699. The van der Waals surface area contributed by atoms with Crippen LogP contribution in [0.1, 0.15) is 38.3 Å². The number of hydrogen-bond acceptors (Lipinski definition) is 4. The molecule has 0 aliphatic carbocycles. The van der Waals surface area contributed by atoms with Gasteiger partial charge in [-0.05, 0) is 47.2 Å². The Morgan fingerprint density at radius 3 is 2.44 bits per heavy atom. The monoisotopic (exact) mass is 366 g/mol. The average molecular weight is 366 g/mol. The van der Waals surface area contributed by atoms with Gasteiger partial charge in [0.2, 0.25) is 5.88 Å². The van der Waals surface area contributed by atoms with Crippen LogP contribution in [0.3, 0.4) is 0 Å². The second-order valence-electron chi connectivity index (χ2n) is 7.86. The maximum absolute atomic E-state index is 11.1. The number of hydrogen-bond donors (Lipinski definition) is 1. The lowest BCUT2D eigenvalue weighted by atomic mass is 9.87. The van der Waals surface area contributed by atoms with Crippen molar-refractivity contribution in [3.63, 3.8) is 0 Å². The summed E-state index contributed by atoms with van der Waals surface area (Å²) < 4.78 is 7.57. The summed E-state index contributed by atoms with van der Waals surface area (Å²) >= 11 is 0. The quantitative estimate of drug-likeness (QED) is 0.441. The predicted octanol–water partition coefficient (Wildman–Crippen LogP) is 5.82. The van der Waals surface area contributed by atoms with E-state index in [4.69, 9.17) is 4.74 Å². The molecule has 0 saturated carbocycles. The first-order chi connectivity index (χ1) is 12.8. The lowest BCUT2D eigenvalue weighted by Crippen LogP contribution is -2.10. The maximum atomic E-state index is 11.1. The van der Waals surface area contributed by atoms with Crippen LogP contribution in [0.15, 0.2) is 47.6 Å². The topological polar surface area (TPSA) is 63.8 Å². The van der Waals surface area contributed by atoms with Crippen LogP contribution in [0, 0.1) is 11.8 Å². The smallest absolute Gasteiger partial charge is 0.222 e. The van der Waals surface area contributed by atoms with Crippen molar-refractivity contribution in [2.24, 2.45) is 5.18 Å². The number of aryl methyl sites for hydroxylation is 2. The number of ether oxygens (including phenoxy) is 1. The Bertz CT molecular complexity index is 950. The molecule has 0 saturated heterocycles. The first kappa shape index (κ1) is 19.0. The van der Waals surface area contributed by atoms with Crippen molar-refractivity contribution in [2.75, 3.05) is 6.61 Å². The van der Waals surface area contributed by atoms with Crippen LogP contribution in [-0.4, -0.2) is 16.3 Å². The number of benzene rings is 2. The van der Waals surface area contributed by atoms with Crippen LogP contribution in [-0.2, 0) is 12.0 Å². The number of aromatic hydroxyl groups is 1. The van der Waals surface area contributed by atoms with Crippen molar-refractivity contribution in [1.82, 2.24) is 4.57 Å². The summed E-state index contributed by atoms with van der Waals surface area (Å²) in [4.78, 5) is 11.1. The molecule has 0 unspecified atom stereocenters. The number of aromatic nitrogens is 1. The van der Waals surface area contributed by atoms with E-state index in [9.17, 15) is 10.0 Å². The number of nitrogens with zero attached hydrogens (tertiary/aromatic N) is 2. The molecule has 0 aliphatic heterocycles. The van der Waals surface area contributed by atoms with Gasteiger partial charge >= 0.3 is 0 Å². The Hall–Kier alpha value is -2.82. The molecule has 5 heteroatoms. The van der Waals surface area contributed by atoms with E-state index in [1.807, 2.05) is 37.3 Å². The third-order valence-corrected chi connectivity index (χ3v) is 4.84. The zero-order valence-electron chi connectivity index (χ0n) is 16.3. The second kappa shape index (κ2) is 7.43. The molecule has 5 nitrogen and oxygen atoms in total. The number of nitroso groups, excluding NO2 is 1. The maximum Gasteiger partial charge on any atom is 0.222 e. The van der Waals surface area contributed by atoms with E-state index in [0.29, 0.717) is 25.0 Å². The highest BCUT2D eigenvalue weighted by Gasteiger charge is 2.18. The van der Waals surface area contributed by atoms with Crippen molar-refractivity contribution < 1.29 is 9.84 Å². The SMILES string of the molecule is Cc1cccc2c(N=O)c(O)n(CCCOc3ccc(C(C)(C)C)cc3)c12. The molecule has 0 bridgehead atoms. The molecule has 3 aromatic rings. The van der Waals surface area contributed by atoms with E-state index < -0.39 is 0 Å². The van der Waals surface area contributed by atoms with E-state index in [2.05, 4.69) is 38.1 Å². The van der Waals surface area contributed by atoms with E-state index in [1.165, 1.54) is 5.56 Å². The third-order valence-electron chi connectivity index (χ3n) is 4.84. The van der Waals surface area contributed by atoms with Crippen LogP contribution in [0.4, 0.5) is 5.69 Å². The molecular formula is C22H26N2O3. The lowest BCUT2D eigenvalue weighted by Gasteiger charge is -2.19. The highest BCUT2D eigenvalue weighted by atomic mass is 16.5. The first-order valence-electron chi connectivity index (χ1n) is 9.20. The van der Waals surface area contributed by atoms with Gasteiger partial charge in [0.05, 0.1) is 12.1 Å². The molecule has 2 aromatic carbocycles. The molecule has 1 N–H and O–H groups in total. The second-order valence-corrected chi connectivity index (χ2v) is 7.86. The zero-order chi connectivity index (χ0) is 19.6. The summed E-state index contributed by atoms with van der Waals surface area (Å²) in [7, 11) is 0. The van der Waals surface area contributed by atoms with Gasteiger partial charge in [-0.15, -0.1) is 4.91 Å². The fourth-order valence-electron chi connectivity index (χ4n) is 3.33. The molecule has 1 heterocycles. The van der Waals surface area contributed by atoms with Gasteiger partial charge in [-0.1, -0.05) is 51.1 Å². The van der Waals surface area contributed by atoms with Crippen LogP contribution >= 0.6 is 0 Å². The minimum absolute atomic E-state index is 0.0798. The van der Waals surface area contributed by atoms with Crippen molar-refractivity contribution >= 4 is 16.6 Å².